The average molecular weight is 244 g/mol. The fourth-order valence-corrected chi connectivity index (χ4v) is 5.05. The first-order valence-corrected chi connectivity index (χ1v) is 6.98. The van der Waals surface area contributed by atoms with Crippen molar-refractivity contribution in [3.05, 3.63) is 12.7 Å². The van der Waals surface area contributed by atoms with Crippen LogP contribution in [0.1, 0.15) is 38.5 Å². The molecule has 1 amide bonds. The Morgan fingerprint density at radius 2 is 1.78 bits per heavy atom. The lowest BCUT2D eigenvalue weighted by Crippen LogP contribution is -2.56. The zero-order chi connectivity index (χ0) is 12.8. The summed E-state index contributed by atoms with van der Waals surface area (Å²) in [5, 5.41) is 12.3. The zero-order valence-electron chi connectivity index (χ0n) is 10.7. The standard InChI is InChI=1S/C15H20N2O/c1-2-14(18)17-13(9-16)15-6-10-3-11(7-15)5-12(4-10)8-15/h2,10-13H,1,3-8H2,(H,17,18). The van der Waals surface area contributed by atoms with Gasteiger partial charge in [0.15, 0.2) is 0 Å². The first-order valence-electron chi connectivity index (χ1n) is 6.98. The van der Waals surface area contributed by atoms with Crippen LogP contribution in [-0.4, -0.2) is 11.9 Å². The Morgan fingerprint density at radius 3 is 2.17 bits per heavy atom. The van der Waals surface area contributed by atoms with Gasteiger partial charge in [0.1, 0.15) is 6.04 Å². The monoisotopic (exact) mass is 244 g/mol. The number of rotatable bonds is 3. The molecule has 18 heavy (non-hydrogen) atoms. The second-order valence-electron chi connectivity index (χ2n) is 6.55. The van der Waals surface area contributed by atoms with Crippen LogP contribution in [0.15, 0.2) is 12.7 Å². The molecule has 1 unspecified atom stereocenters. The highest BCUT2D eigenvalue weighted by Crippen LogP contribution is 2.61. The van der Waals surface area contributed by atoms with Gasteiger partial charge < -0.3 is 5.32 Å². The Hall–Kier alpha value is -1.30. The van der Waals surface area contributed by atoms with Crippen LogP contribution in [0.4, 0.5) is 0 Å². The van der Waals surface area contributed by atoms with Crippen molar-refractivity contribution in [3.63, 3.8) is 0 Å². The smallest absolute Gasteiger partial charge is 0.244 e. The molecule has 0 aromatic heterocycles. The number of hydrogen-bond donors (Lipinski definition) is 1. The zero-order valence-corrected chi connectivity index (χ0v) is 10.7. The van der Waals surface area contributed by atoms with Crippen LogP contribution in [0.5, 0.6) is 0 Å². The molecule has 4 rings (SSSR count). The summed E-state index contributed by atoms with van der Waals surface area (Å²) in [5.41, 5.74) is 0.0577. The minimum absolute atomic E-state index is 0.0577. The van der Waals surface area contributed by atoms with Gasteiger partial charge in [-0.1, -0.05) is 6.58 Å². The van der Waals surface area contributed by atoms with Crippen molar-refractivity contribution in [3.8, 4) is 6.07 Å². The topological polar surface area (TPSA) is 52.9 Å². The maximum Gasteiger partial charge on any atom is 0.244 e. The van der Waals surface area contributed by atoms with Crippen molar-refractivity contribution < 1.29 is 4.79 Å². The van der Waals surface area contributed by atoms with E-state index in [-0.39, 0.29) is 17.4 Å². The molecule has 4 bridgehead atoms. The summed E-state index contributed by atoms with van der Waals surface area (Å²) in [4.78, 5) is 11.5. The molecule has 0 radical (unpaired) electrons. The first kappa shape index (κ1) is 11.8. The molecule has 4 saturated carbocycles. The molecule has 1 N–H and O–H groups in total. The molecule has 4 aliphatic rings. The highest BCUT2D eigenvalue weighted by Gasteiger charge is 2.54. The molecule has 0 spiro atoms. The number of carbonyl (C=O) groups excluding carboxylic acids is 1. The average Bonchev–Trinajstić information content (AvgIpc) is 2.33. The van der Waals surface area contributed by atoms with Gasteiger partial charge in [0, 0.05) is 5.41 Å². The van der Waals surface area contributed by atoms with E-state index in [1.54, 1.807) is 0 Å². The van der Waals surface area contributed by atoms with Crippen LogP contribution in [0.3, 0.4) is 0 Å². The maximum atomic E-state index is 11.5. The van der Waals surface area contributed by atoms with Crippen molar-refractivity contribution >= 4 is 5.91 Å². The van der Waals surface area contributed by atoms with Gasteiger partial charge in [0.2, 0.25) is 5.91 Å². The predicted octanol–water partition coefficient (Wildman–Crippen LogP) is 2.40. The van der Waals surface area contributed by atoms with Crippen molar-refractivity contribution in [2.45, 2.75) is 44.6 Å². The Kier molecular flexibility index (Phi) is 2.69. The third-order valence-corrected chi connectivity index (χ3v) is 5.30. The lowest BCUT2D eigenvalue weighted by atomic mass is 9.48. The van der Waals surface area contributed by atoms with Crippen molar-refractivity contribution in [2.75, 3.05) is 0 Å². The van der Waals surface area contributed by atoms with Gasteiger partial charge in [-0.3, -0.25) is 4.79 Å². The van der Waals surface area contributed by atoms with E-state index in [1.807, 2.05) is 0 Å². The summed E-state index contributed by atoms with van der Waals surface area (Å²) < 4.78 is 0. The van der Waals surface area contributed by atoms with Crippen LogP contribution >= 0.6 is 0 Å². The number of nitrogens with zero attached hydrogens (tertiary/aromatic N) is 1. The van der Waals surface area contributed by atoms with Crippen LogP contribution in [0, 0.1) is 34.5 Å². The molecule has 96 valence electrons. The minimum atomic E-state index is -0.323. The summed E-state index contributed by atoms with van der Waals surface area (Å²) in [5.74, 6) is 2.19. The quantitative estimate of drug-likeness (QED) is 0.775. The van der Waals surface area contributed by atoms with Crippen LogP contribution < -0.4 is 5.32 Å². The largest absolute Gasteiger partial charge is 0.336 e. The van der Waals surface area contributed by atoms with Crippen LogP contribution in [0.2, 0.25) is 0 Å². The molecule has 4 aliphatic carbocycles. The van der Waals surface area contributed by atoms with E-state index < -0.39 is 0 Å². The Balaban J connectivity index is 1.83. The summed E-state index contributed by atoms with van der Waals surface area (Å²) in [7, 11) is 0. The van der Waals surface area contributed by atoms with E-state index in [2.05, 4.69) is 18.0 Å². The highest BCUT2D eigenvalue weighted by molar-refractivity contribution is 5.87. The molecule has 0 aliphatic heterocycles. The van der Waals surface area contributed by atoms with E-state index in [9.17, 15) is 10.1 Å². The predicted molar refractivity (Wildman–Crippen MR) is 68.3 cm³/mol. The summed E-state index contributed by atoms with van der Waals surface area (Å²) in [6.45, 7) is 3.47. The third-order valence-electron chi connectivity index (χ3n) is 5.30. The van der Waals surface area contributed by atoms with Crippen molar-refractivity contribution in [1.29, 1.82) is 5.26 Å². The molecular formula is C15H20N2O. The van der Waals surface area contributed by atoms with Crippen LogP contribution in [0.25, 0.3) is 0 Å². The molecule has 3 heteroatoms. The van der Waals surface area contributed by atoms with E-state index in [1.165, 1.54) is 25.3 Å². The van der Waals surface area contributed by atoms with E-state index in [4.69, 9.17) is 0 Å². The molecule has 4 fully saturated rings. The van der Waals surface area contributed by atoms with Crippen molar-refractivity contribution in [1.82, 2.24) is 5.32 Å². The Morgan fingerprint density at radius 1 is 1.28 bits per heavy atom. The van der Waals surface area contributed by atoms with Gasteiger partial charge in [-0.15, -0.1) is 0 Å². The highest BCUT2D eigenvalue weighted by atomic mass is 16.1. The number of nitriles is 1. The minimum Gasteiger partial charge on any atom is -0.336 e. The van der Waals surface area contributed by atoms with E-state index >= 15 is 0 Å². The lowest BCUT2D eigenvalue weighted by molar-refractivity contribution is -0.120. The number of nitrogens with one attached hydrogen (secondary N) is 1. The van der Waals surface area contributed by atoms with Gasteiger partial charge in [0.25, 0.3) is 0 Å². The van der Waals surface area contributed by atoms with Crippen molar-refractivity contribution in [2.24, 2.45) is 23.2 Å². The van der Waals surface area contributed by atoms with Gasteiger partial charge in [-0.05, 0) is 62.4 Å². The molecule has 0 aromatic carbocycles. The fraction of sp³-hybridized carbons (Fsp3) is 0.733. The molecular weight excluding hydrogens is 224 g/mol. The number of hydrogen-bond acceptors (Lipinski definition) is 2. The SMILES string of the molecule is C=CC(=O)NC(C#N)C12CC3CC(CC(C3)C1)C2. The second kappa shape index (κ2) is 4.12. The lowest BCUT2D eigenvalue weighted by Gasteiger charge is -2.58. The van der Waals surface area contributed by atoms with E-state index in [0.29, 0.717) is 0 Å². The molecule has 3 nitrogen and oxygen atoms in total. The van der Waals surface area contributed by atoms with Gasteiger partial charge in [-0.25, -0.2) is 0 Å². The fourth-order valence-electron chi connectivity index (χ4n) is 5.05. The normalized spacial score (nSPS) is 42.1. The summed E-state index contributed by atoms with van der Waals surface area (Å²) >= 11 is 0. The van der Waals surface area contributed by atoms with Crippen LogP contribution in [-0.2, 0) is 4.79 Å². The van der Waals surface area contributed by atoms with Gasteiger partial charge >= 0.3 is 0 Å². The number of carbonyl (C=O) groups is 1. The Bertz CT molecular complexity index is 385. The molecule has 0 aromatic rings. The molecule has 0 heterocycles. The Labute approximate surface area is 108 Å². The first-order chi connectivity index (χ1) is 8.65. The third kappa shape index (κ3) is 1.75. The maximum absolute atomic E-state index is 11.5. The molecule has 0 saturated heterocycles. The second-order valence-corrected chi connectivity index (χ2v) is 6.55. The van der Waals surface area contributed by atoms with E-state index in [0.717, 1.165) is 37.0 Å². The van der Waals surface area contributed by atoms with Gasteiger partial charge in [0.05, 0.1) is 6.07 Å². The summed E-state index contributed by atoms with van der Waals surface area (Å²) in [6.07, 6.45) is 8.73. The van der Waals surface area contributed by atoms with Gasteiger partial charge in [-0.2, -0.15) is 5.26 Å². The summed E-state index contributed by atoms with van der Waals surface area (Å²) in [6, 6.07) is 2.02. The molecule has 1 atom stereocenters. The number of amides is 1.